The molecule has 0 unspecified atom stereocenters. The summed E-state index contributed by atoms with van der Waals surface area (Å²) >= 11 is 1.58. The van der Waals surface area contributed by atoms with Crippen molar-refractivity contribution >= 4 is 22.7 Å². The number of benzene rings is 1. The number of aryl methyl sites for hydroxylation is 2. The van der Waals surface area contributed by atoms with Crippen molar-refractivity contribution < 1.29 is 9.47 Å². The first kappa shape index (κ1) is 14.3. The van der Waals surface area contributed by atoms with Crippen LogP contribution in [0.3, 0.4) is 0 Å². The normalized spacial score (nSPS) is 10.8. The molecule has 1 N–H and O–H groups in total. The van der Waals surface area contributed by atoms with Crippen molar-refractivity contribution in [2.24, 2.45) is 5.10 Å². The van der Waals surface area contributed by atoms with Crippen molar-refractivity contribution in [1.29, 1.82) is 0 Å². The van der Waals surface area contributed by atoms with Gasteiger partial charge in [0.05, 0.1) is 26.1 Å². The number of hydrazone groups is 1. The predicted octanol–water partition coefficient (Wildman–Crippen LogP) is 3.22. The van der Waals surface area contributed by atoms with E-state index in [1.54, 1.807) is 31.8 Å². The molecule has 0 bridgehead atoms. The first-order chi connectivity index (χ1) is 9.65. The van der Waals surface area contributed by atoms with Crippen LogP contribution in [-0.2, 0) is 0 Å². The van der Waals surface area contributed by atoms with Crippen LogP contribution in [0.25, 0.3) is 0 Å². The Kier molecular flexibility index (Phi) is 4.57. The zero-order valence-electron chi connectivity index (χ0n) is 11.9. The van der Waals surface area contributed by atoms with E-state index in [4.69, 9.17) is 9.47 Å². The quantitative estimate of drug-likeness (QED) is 0.679. The summed E-state index contributed by atoms with van der Waals surface area (Å²) in [7, 11) is 3.22. The van der Waals surface area contributed by atoms with Crippen LogP contribution in [0, 0.1) is 13.8 Å². The van der Waals surface area contributed by atoms with Gasteiger partial charge in [-0.05, 0) is 26.0 Å². The van der Waals surface area contributed by atoms with Gasteiger partial charge in [0.15, 0.2) is 11.5 Å². The van der Waals surface area contributed by atoms with E-state index >= 15 is 0 Å². The van der Waals surface area contributed by atoms with Gasteiger partial charge in [-0.25, -0.2) is 4.98 Å². The van der Waals surface area contributed by atoms with E-state index < -0.39 is 0 Å². The van der Waals surface area contributed by atoms with Gasteiger partial charge in [0.2, 0.25) is 5.13 Å². The number of anilines is 1. The maximum absolute atomic E-state index is 5.34. The average molecular weight is 291 g/mol. The molecule has 0 saturated heterocycles. The van der Waals surface area contributed by atoms with Gasteiger partial charge in [0.1, 0.15) is 0 Å². The second-order valence-corrected chi connectivity index (χ2v) is 5.32. The average Bonchev–Trinajstić information content (AvgIpc) is 2.77. The maximum atomic E-state index is 5.34. The maximum Gasteiger partial charge on any atom is 0.203 e. The molecule has 0 atom stereocenters. The Morgan fingerprint density at radius 2 is 2.05 bits per heavy atom. The summed E-state index contributed by atoms with van der Waals surface area (Å²) in [4.78, 5) is 5.54. The van der Waals surface area contributed by atoms with Crippen LogP contribution in [0.4, 0.5) is 5.13 Å². The molecular formula is C14H17N3O2S. The van der Waals surface area contributed by atoms with E-state index in [-0.39, 0.29) is 0 Å². The zero-order valence-corrected chi connectivity index (χ0v) is 12.7. The number of para-hydroxylation sites is 1. The van der Waals surface area contributed by atoms with E-state index in [0.717, 1.165) is 16.4 Å². The first-order valence-corrected chi connectivity index (χ1v) is 6.91. The monoisotopic (exact) mass is 291 g/mol. The van der Waals surface area contributed by atoms with E-state index in [0.29, 0.717) is 11.5 Å². The second-order valence-electron chi connectivity index (χ2n) is 4.11. The number of nitrogens with one attached hydrogen (secondary N) is 1. The minimum atomic E-state index is 0.659. The highest BCUT2D eigenvalue weighted by Crippen LogP contribution is 2.29. The van der Waals surface area contributed by atoms with Gasteiger partial charge in [-0.3, -0.25) is 5.43 Å². The lowest BCUT2D eigenvalue weighted by Gasteiger charge is -2.09. The van der Waals surface area contributed by atoms with E-state index in [2.05, 4.69) is 15.5 Å². The third kappa shape index (κ3) is 3.08. The van der Waals surface area contributed by atoms with Gasteiger partial charge < -0.3 is 9.47 Å². The Bertz CT molecular complexity index is 603. The van der Waals surface area contributed by atoms with Crippen molar-refractivity contribution in [2.45, 2.75) is 13.8 Å². The lowest BCUT2D eigenvalue weighted by Crippen LogP contribution is -1.96. The number of hydrogen-bond donors (Lipinski definition) is 1. The largest absolute Gasteiger partial charge is 0.493 e. The van der Waals surface area contributed by atoms with Crippen molar-refractivity contribution in [3.8, 4) is 11.5 Å². The fourth-order valence-corrected chi connectivity index (χ4v) is 2.46. The number of rotatable bonds is 5. The third-order valence-electron chi connectivity index (χ3n) is 2.83. The molecule has 0 saturated carbocycles. The summed E-state index contributed by atoms with van der Waals surface area (Å²) in [5.41, 5.74) is 4.78. The number of ether oxygens (including phenoxy) is 2. The van der Waals surface area contributed by atoms with Crippen LogP contribution in [0.5, 0.6) is 11.5 Å². The molecule has 5 nitrogen and oxygen atoms in total. The standard InChI is InChI=1S/C14H17N3O2S/c1-9-10(2)20-14(16-9)17-15-8-11-6-5-7-12(18-3)13(11)19-4/h5-8H,1-4H3,(H,16,17)/b15-8-. The fraction of sp³-hybridized carbons (Fsp3) is 0.286. The minimum Gasteiger partial charge on any atom is -0.493 e. The van der Waals surface area contributed by atoms with Gasteiger partial charge in [0.25, 0.3) is 0 Å². The van der Waals surface area contributed by atoms with Crippen LogP contribution in [-0.4, -0.2) is 25.4 Å². The molecule has 20 heavy (non-hydrogen) atoms. The number of aromatic nitrogens is 1. The van der Waals surface area contributed by atoms with Crippen LogP contribution in [0.15, 0.2) is 23.3 Å². The molecule has 0 amide bonds. The van der Waals surface area contributed by atoms with Gasteiger partial charge in [-0.2, -0.15) is 5.10 Å². The van der Waals surface area contributed by atoms with E-state index in [1.807, 2.05) is 32.0 Å². The predicted molar refractivity (Wildman–Crippen MR) is 82.4 cm³/mol. The highest BCUT2D eigenvalue weighted by atomic mass is 32.1. The summed E-state index contributed by atoms with van der Waals surface area (Å²) in [5, 5.41) is 4.96. The Labute approximate surface area is 122 Å². The first-order valence-electron chi connectivity index (χ1n) is 6.09. The van der Waals surface area contributed by atoms with E-state index in [9.17, 15) is 0 Å². The minimum absolute atomic E-state index is 0.659. The highest BCUT2D eigenvalue weighted by molar-refractivity contribution is 7.15. The van der Waals surface area contributed by atoms with Crippen molar-refractivity contribution in [3.63, 3.8) is 0 Å². The van der Waals surface area contributed by atoms with Crippen molar-refractivity contribution in [2.75, 3.05) is 19.6 Å². The van der Waals surface area contributed by atoms with Crippen LogP contribution < -0.4 is 14.9 Å². The molecule has 2 aromatic rings. The molecule has 0 spiro atoms. The van der Waals surface area contributed by atoms with Gasteiger partial charge in [-0.15, -0.1) is 11.3 Å². The van der Waals surface area contributed by atoms with Crippen LogP contribution >= 0.6 is 11.3 Å². The number of thiazole rings is 1. The molecule has 0 aliphatic rings. The highest BCUT2D eigenvalue weighted by Gasteiger charge is 2.07. The van der Waals surface area contributed by atoms with Crippen LogP contribution in [0.2, 0.25) is 0 Å². The molecule has 1 aromatic heterocycles. The molecule has 0 aliphatic carbocycles. The SMILES string of the molecule is COc1cccc(/C=N\Nc2nc(C)c(C)s2)c1OC. The van der Waals surface area contributed by atoms with Crippen molar-refractivity contribution in [1.82, 2.24) is 4.98 Å². The number of nitrogens with zero attached hydrogens (tertiary/aromatic N) is 2. The van der Waals surface area contributed by atoms with Crippen LogP contribution in [0.1, 0.15) is 16.1 Å². The van der Waals surface area contributed by atoms with Crippen molar-refractivity contribution in [3.05, 3.63) is 34.3 Å². The molecule has 2 rings (SSSR count). The number of hydrogen-bond acceptors (Lipinski definition) is 6. The lowest BCUT2D eigenvalue weighted by atomic mass is 10.2. The van der Waals surface area contributed by atoms with Gasteiger partial charge in [-0.1, -0.05) is 6.07 Å². The molecule has 0 aliphatic heterocycles. The van der Waals surface area contributed by atoms with E-state index in [1.165, 1.54) is 4.88 Å². The van der Waals surface area contributed by atoms with Gasteiger partial charge in [0, 0.05) is 10.4 Å². The Balaban J connectivity index is 2.15. The molecule has 1 heterocycles. The molecule has 0 fully saturated rings. The summed E-state index contributed by atoms with van der Waals surface area (Å²) in [6, 6.07) is 5.64. The topological polar surface area (TPSA) is 55.7 Å². The summed E-state index contributed by atoms with van der Waals surface area (Å²) in [6.45, 7) is 4.01. The Morgan fingerprint density at radius 1 is 1.25 bits per heavy atom. The third-order valence-corrected chi connectivity index (χ3v) is 3.80. The second kappa shape index (κ2) is 6.38. The molecule has 6 heteroatoms. The molecule has 106 valence electrons. The smallest absolute Gasteiger partial charge is 0.203 e. The molecule has 0 radical (unpaired) electrons. The summed E-state index contributed by atoms with van der Waals surface area (Å²) in [6.07, 6.45) is 1.69. The molecular weight excluding hydrogens is 274 g/mol. The summed E-state index contributed by atoms with van der Waals surface area (Å²) in [5.74, 6) is 1.34. The Hall–Kier alpha value is -2.08. The Morgan fingerprint density at radius 3 is 2.65 bits per heavy atom. The zero-order chi connectivity index (χ0) is 14.5. The van der Waals surface area contributed by atoms with Gasteiger partial charge >= 0.3 is 0 Å². The number of methoxy groups -OCH3 is 2. The summed E-state index contributed by atoms with van der Waals surface area (Å²) < 4.78 is 10.6. The fourth-order valence-electron chi connectivity index (χ4n) is 1.69. The lowest BCUT2D eigenvalue weighted by molar-refractivity contribution is 0.354. The molecule has 1 aromatic carbocycles.